The van der Waals surface area contributed by atoms with Gasteiger partial charge in [-0.25, -0.2) is 0 Å². The number of anilines is 4. The zero-order valence-corrected chi connectivity index (χ0v) is 15.8. The number of hydrogen-bond acceptors (Lipinski definition) is 8. The van der Waals surface area contributed by atoms with E-state index in [0.717, 1.165) is 11.3 Å². The maximum atomic E-state index is 12.1. The quantitative estimate of drug-likeness (QED) is 0.522. The first-order valence-corrected chi connectivity index (χ1v) is 8.82. The van der Waals surface area contributed by atoms with Crippen LogP contribution >= 0.6 is 0 Å². The van der Waals surface area contributed by atoms with Crippen LogP contribution in [0, 0.1) is 0 Å². The third kappa shape index (κ3) is 6.28. The number of ether oxygens (including phenoxy) is 1. The molecule has 0 atom stereocenters. The van der Waals surface area contributed by atoms with Gasteiger partial charge in [0, 0.05) is 18.3 Å². The Morgan fingerprint density at radius 3 is 2.38 bits per heavy atom. The zero-order valence-electron chi connectivity index (χ0n) is 15.8. The van der Waals surface area contributed by atoms with Crippen LogP contribution in [0.4, 0.5) is 23.3 Å². The van der Waals surface area contributed by atoms with Gasteiger partial charge in [-0.3, -0.25) is 9.59 Å². The highest BCUT2D eigenvalue weighted by atomic mass is 16.5. The van der Waals surface area contributed by atoms with Crippen molar-refractivity contribution in [2.24, 2.45) is 0 Å². The zero-order chi connectivity index (χ0) is 20.6. The predicted octanol–water partition coefficient (Wildman–Crippen LogP) is 2.44. The van der Waals surface area contributed by atoms with E-state index >= 15 is 0 Å². The van der Waals surface area contributed by atoms with Crippen LogP contribution in [-0.2, 0) is 27.4 Å². The number of carbonyl (C=O) groups is 2. The number of hydrogen-bond donors (Lipinski definition) is 3. The first-order valence-electron chi connectivity index (χ1n) is 8.82. The van der Waals surface area contributed by atoms with Crippen molar-refractivity contribution in [1.29, 1.82) is 0 Å². The summed E-state index contributed by atoms with van der Waals surface area (Å²) >= 11 is 0. The van der Waals surface area contributed by atoms with Crippen molar-refractivity contribution in [1.82, 2.24) is 15.0 Å². The highest BCUT2D eigenvalue weighted by molar-refractivity contribution is 5.88. The van der Waals surface area contributed by atoms with E-state index in [1.807, 2.05) is 30.3 Å². The van der Waals surface area contributed by atoms with Crippen LogP contribution in [0.15, 0.2) is 54.6 Å². The maximum Gasteiger partial charge on any atom is 0.310 e. The van der Waals surface area contributed by atoms with Crippen LogP contribution < -0.4 is 16.4 Å². The lowest BCUT2D eigenvalue weighted by atomic mass is 10.1. The highest BCUT2D eigenvalue weighted by Crippen LogP contribution is 2.14. The van der Waals surface area contributed by atoms with Gasteiger partial charge in [-0.05, 0) is 29.8 Å². The molecule has 0 saturated carbocycles. The van der Waals surface area contributed by atoms with Crippen molar-refractivity contribution in [3.63, 3.8) is 0 Å². The van der Waals surface area contributed by atoms with Gasteiger partial charge in [-0.15, -0.1) is 0 Å². The van der Waals surface area contributed by atoms with Gasteiger partial charge in [0.25, 0.3) is 0 Å². The monoisotopic (exact) mass is 392 g/mol. The standard InChI is InChI=1S/C20H20N6O3/c1-13(27)22-16-9-7-14(8-10-16)11-18(28)29-12-17-24-19(21)26-20(25-17)23-15-5-3-2-4-6-15/h2-10H,11-12H2,1H3,(H,22,27)(H3,21,23,24,25,26). The van der Waals surface area contributed by atoms with E-state index in [2.05, 4.69) is 25.6 Å². The molecule has 3 aromatic rings. The van der Waals surface area contributed by atoms with Gasteiger partial charge >= 0.3 is 5.97 Å². The van der Waals surface area contributed by atoms with Gasteiger partial charge in [0.1, 0.15) is 0 Å². The second kappa shape index (κ2) is 9.27. The Balaban J connectivity index is 1.56. The average Bonchev–Trinajstić information content (AvgIpc) is 2.68. The summed E-state index contributed by atoms with van der Waals surface area (Å²) < 4.78 is 5.24. The van der Waals surface area contributed by atoms with Crippen LogP contribution in [-0.4, -0.2) is 26.8 Å². The van der Waals surface area contributed by atoms with Crippen LogP contribution in [0.1, 0.15) is 18.3 Å². The molecule has 3 rings (SSSR count). The number of nitrogens with zero attached hydrogens (tertiary/aromatic N) is 3. The number of rotatable bonds is 7. The maximum absolute atomic E-state index is 12.1. The SMILES string of the molecule is CC(=O)Nc1ccc(CC(=O)OCc2nc(N)nc(Nc3ccccc3)n2)cc1. The molecule has 1 amide bonds. The van der Waals surface area contributed by atoms with Crippen LogP contribution in [0.2, 0.25) is 0 Å². The summed E-state index contributed by atoms with van der Waals surface area (Å²) in [5.74, 6) is -0.0598. The molecule has 1 aromatic heterocycles. The highest BCUT2D eigenvalue weighted by Gasteiger charge is 2.10. The number of carbonyl (C=O) groups excluding carboxylic acids is 2. The van der Waals surface area contributed by atoms with E-state index in [1.165, 1.54) is 6.92 Å². The average molecular weight is 392 g/mol. The molecule has 0 aliphatic carbocycles. The summed E-state index contributed by atoms with van der Waals surface area (Å²) in [7, 11) is 0. The number of para-hydroxylation sites is 1. The Kier molecular flexibility index (Phi) is 6.31. The molecule has 1 heterocycles. The normalized spacial score (nSPS) is 10.2. The topological polar surface area (TPSA) is 132 Å². The molecule has 9 heteroatoms. The Labute approximate surface area is 167 Å². The van der Waals surface area contributed by atoms with Crippen LogP contribution in [0.5, 0.6) is 0 Å². The Hall–Kier alpha value is -4.01. The number of nitrogen functional groups attached to an aromatic ring is 1. The minimum absolute atomic E-state index is 0.0260. The van der Waals surface area contributed by atoms with E-state index in [-0.39, 0.29) is 36.7 Å². The molecule has 0 unspecified atom stereocenters. The molecule has 0 radical (unpaired) electrons. The second-order valence-corrected chi connectivity index (χ2v) is 6.14. The van der Waals surface area contributed by atoms with Crippen LogP contribution in [0.3, 0.4) is 0 Å². The van der Waals surface area contributed by atoms with Crippen molar-refractivity contribution in [3.05, 3.63) is 66.0 Å². The fourth-order valence-corrected chi connectivity index (χ4v) is 2.48. The van der Waals surface area contributed by atoms with E-state index in [4.69, 9.17) is 10.5 Å². The van der Waals surface area contributed by atoms with Gasteiger partial charge in [0.15, 0.2) is 12.4 Å². The molecular weight excluding hydrogens is 372 g/mol. The van der Waals surface area contributed by atoms with Crippen molar-refractivity contribution in [3.8, 4) is 0 Å². The van der Waals surface area contributed by atoms with Gasteiger partial charge in [-0.1, -0.05) is 30.3 Å². The molecule has 0 spiro atoms. The summed E-state index contributed by atoms with van der Waals surface area (Å²) in [4.78, 5) is 35.4. The fourth-order valence-electron chi connectivity index (χ4n) is 2.48. The molecule has 148 valence electrons. The number of nitrogens with one attached hydrogen (secondary N) is 2. The number of aromatic nitrogens is 3. The number of amides is 1. The van der Waals surface area contributed by atoms with Gasteiger partial charge in [0.05, 0.1) is 6.42 Å². The summed E-state index contributed by atoms with van der Waals surface area (Å²) in [5, 5.41) is 5.68. The summed E-state index contributed by atoms with van der Waals surface area (Å²) in [6, 6.07) is 16.3. The fraction of sp³-hybridized carbons (Fsp3) is 0.150. The van der Waals surface area contributed by atoms with E-state index in [0.29, 0.717) is 5.69 Å². The van der Waals surface area contributed by atoms with E-state index in [1.54, 1.807) is 24.3 Å². The van der Waals surface area contributed by atoms with E-state index in [9.17, 15) is 9.59 Å². The molecule has 0 aliphatic rings. The minimum Gasteiger partial charge on any atom is -0.457 e. The number of benzene rings is 2. The summed E-state index contributed by atoms with van der Waals surface area (Å²) in [6.45, 7) is 1.30. The Morgan fingerprint density at radius 2 is 1.69 bits per heavy atom. The number of esters is 1. The predicted molar refractivity (Wildman–Crippen MR) is 108 cm³/mol. The van der Waals surface area contributed by atoms with Gasteiger partial charge in [-0.2, -0.15) is 15.0 Å². The number of nitrogens with two attached hydrogens (primary N) is 1. The minimum atomic E-state index is -0.436. The van der Waals surface area contributed by atoms with Gasteiger partial charge < -0.3 is 21.1 Å². The molecule has 0 saturated heterocycles. The lowest BCUT2D eigenvalue weighted by molar-refractivity contribution is -0.144. The first-order chi connectivity index (χ1) is 14.0. The third-order valence-electron chi connectivity index (χ3n) is 3.71. The Morgan fingerprint density at radius 1 is 0.966 bits per heavy atom. The van der Waals surface area contributed by atoms with Crippen molar-refractivity contribution in [2.75, 3.05) is 16.4 Å². The van der Waals surface area contributed by atoms with Gasteiger partial charge in [0.2, 0.25) is 17.8 Å². The summed E-state index contributed by atoms with van der Waals surface area (Å²) in [5.41, 5.74) is 7.93. The lowest BCUT2D eigenvalue weighted by Gasteiger charge is -2.08. The molecule has 0 bridgehead atoms. The van der Waals surface area contributed by atoms with Crippen molar-refractivity contribution in [2.45, 2.75) is 20.0 Å². The van der Waals surface area contributed by atoms with E-state index < -0.39 is 5.97 Å². The molecule has 9 nitrogen and oxygen atoms in total. The third-order valence-corrected chi connectivity index (χ3v) is 3.71. The second-order valence-electron chi connectivity index (χ2n) is 6.14. The molecule has 0 fully saturated rings. The molecular formula is C20H20N6O3. The molecule has 0 aliphatic heterocycles. The Bertz CT molecular complexity index is 993. The smallest absolute Gasteiger partial charge is 0.310 e. The molecule has 4 N–H and O–H groups in total. The molecule has 29 heavy (non-hydrogen) atoms. The van der Waals surface area contributed by atoms with Crippen LogP contribution in [0.25, 0.3) is 0 Å². The summed E-state index contributed by atoms with van der Waals surface area (Å²) in [6.07, 6.45) is 0.0794. The van der Waals surface area contributed by atoms with Crippen molar-refractivity contribution < 1.29 is 14.3 Å². The van der Waals surface area contributed by atoms with Crippen molar-refractivity contribution >= 4 is 35.1 Å². The largest absolute Gasteiger partial charge is 0.457 e. The molecule has 2 aromatic carbocycles. The first kappa shape index (κ1) is 19.7. The lowest BCUT2D eigenvalue weighted by Crippen LogP contribution is -2.12.